The molecule has 0 saturated heterocycles. The van der Waals surface area contributed by atoms with Crippen LogP contribution in [0.5, 0.6) is 5.75 Å². The Morgan fingerprint density at radius 3 is 2.56 bits per heavy atom. The molecule has 0 aliphatic carbocycles. The fraction of sp³-hybridized carbons (Fsp3) is 0.222. The zero-order valence-corrected chi connectivity index (χ0v) is 10.0. The maximum atomic E-state index is 11.0. The molecule has 0 radical (unpaired) electrons. The Labute approximate surface area is 97.6 Å². The number of hydrogen-bond acceptors (Lipinski definition) is 4. The lowest BCUT2D eigenvalue weighted by molar-refractivity contribution is -0.119. The number of benzene rings is 1. The zero-order chi connectivity index (χ0) is 12.3. The second kappa shape index (κ2) is 4.71. The molecule has 1 amide bonds. The molecule has 7 heteroatoms. The number of carbonyl (C=O) groups excluding carboxylic acids is 1. The highest BCUT2D eigenvalue weighted by atomic mass is 35.7. The molecule has 0 unspecified atom stereocenters. The summed E-state index contributed by atoms with van der Waals surface area (Å²) in [7, 11) is 1.42. The van der Waals surface area contributed by atoms with E-state index in [4.69, 9.17) is 21.2 Å². The van der Waals surface area contributed by atoms with Crippen LogP contribution in [0, 0.1) is 6.92 Å². The van der Waals surface area contributed by atoms with Crippen LogP contribution in [0.3, 0.4) is 0 Å². The van der Waals surface area contributed by atoms with E-state index in [2.05, 4.69) is 0 Å². The van der Waals surface area contributed by atoms with Gasteiger partial charge in [-0.2, -0.15) is 0 Å². The molecule has 0 aliphatic rings. The van der Waals surface area contributed by atoms with Gasteiger partial charge in [-0.05, 0) is 30.7 Å². The maximum Gasteiger partial charge on any atom is 0.261 e. The van der Waals surface area contributed by atoms with Gasteiger partial charge < -0.3 is 10.5 Å². The van der Waals surface area contributed by atoms with E-state index in [9.17, 15) is 13.2 Å². The Balaban J connectivity index is 2.96. The minimum absolute atomic E-state index is 0.0157. The first-order valence-corrected chi connectivity index (χ1v) is 6.58. The lowest BCUT2D eigenvalue weighted by Gasteiger charge is -2.07. The van der Waals surface area contributed by atoms with E-state index in [1.54, 1.807) is 6.92 Å². The quantitative estimate of drug-likeness (QED) is 0.814. The number of primary amides is 1. The normalized spacial score (nSPS) is 11.1. The molecule has 0 atom stereocenters. The van der Waals surface area contributed by atoms with E-state index in [1.807, 2.05) is 0 Å². The van der Waals surface area contributed by atoms with Crippen molar-refractivity contribution < 1.29 is 17.9 Å². The molecule has 0 heterocycles. The van der Waals surface area contributed by atoms with E-state index >= 15 is 0 Å². The molecule has 0 saturated carbocycles. The van der Waals surface area contributed by atoms with Crippen molar-refractivity contribution in [3.63, 3.8) is 0 Å². The fourth-order valence-electron chi connectivity index (χ4n) is 1.08. The molecule has 0 fully saturated rings. The van der Waals surface area contributed by atoms with Crippen LogP contribution in [-0.2, 0) is 13.8 Å². The van der Waals surface area contributed by atoms with Gasteiger partial charge in [0, 0.05) is 10.7 Å². The Kier molecular flexibility index (Phi) is 3.77. The Bertz CT molecular complexity index is 512. The van der Waals surface area contributed by atoms with E-state index in [1.165, 1.54) is 18.2 Å². The highest BCUT2D eigenvalue weighted by Gasteiger charge is 2.12. The van der Waals surface area contributed by atoms with Crippen molar-refractivity contribution in [2.75, 3.05) is 6.61 Å². The number of carbonyl (C=O) groups is 1. The van der Waals surface area contributed by atoms with Gasteiger partial charge in [-0.15, -0.1) is 0 Å². The summed E-state index contributed by atoms with van der Waals surface area (Å²) >= 11 is 0. The van der Waals surface area contributed by atoms with Gasteiger partial charge in [0.1, 0.15) is 5.75 Å². The Morgan fingerprint density at radius 1 is 1.50 bits per heavy atom. The first-order valence-electron chi connectivity index (χ1n) is 4.27. The van der Waals surface area contributed by atoms with Gasteiger partial charge in [-0.3, -0.25) is 4.79 Å². The molecule has 0 aliphatic heterocycles. The maximum absolute atomic E-state index is 11.0. The van der Waals surface area contributed by atoms with Gasteiger partial charge >= 0.3 is 0 Å². The van der Waals surface area contributed by atoms with Gasteiger partial charge in [0.2, 0.25) is 0 Å². The molecule has 1 rings (SSSR count). The minimum atomic E-state index is -3.75. The Hall–Kier alpha value is -1.27. The smallest absolute Gasteiger partial charge is 0.261 e. The lowest BCUT2D eigenvalue weighted by atomic mass is 10.2. The first-order chi connectivity index (χ1) is 7.30. The molecule has 16 heavy (non-hydrogen) atoms. The third kappa shape index (κ3) is 3.39. The van der Waals surface area contributed by atoms with Crippen LogP contribution in [0.1, 0.15) is 5.56 Å². The number of amides is 1. The van der Waals surface area contributed by atoms with Crippen molar-refractivity contribution in [1.82, 2.24) is 0 Å². The standard InChI is InChI=1S/C9H10ClNO4S/c1-6-4-7(16(10,13)14)2-3-8(6)15-5-9(11)12/h2-4H,5H2,1H3,(H2,11,12). The molecule has 5 nitrogen and oxygen atoms in total. The van der Waals surface area contributed by atoms with Crippen molar-refractivity contribution in [2.24, 2.45) is 5.73 Å². The van der Waals surface area contributed by atoms with Crippen LogP contribution >= 0.6 is 10.7 Å². The molecule has 1 aromatic rings. The van der Waals surface area contributed by atoms with Crippen molar-refractivity contribution in [3.05, 3.63) is 23.8 Å². The summed E-state index contributed by atoms with van der Waals surface area (Å²) in [6.45, 7) is 1.38. The summed E-state index contributed by atoms with van der Waals surface area (Å²) in [6.07, 6.45) is 0. The van der Waals surface area contributed by atoms with Crippen LogP contribution in [0.4, 0.5) is 0 Å². The van der Waals surface area contributed by atoms with Crippen LogP contribution < -0.4 is 10.5 Å². The van der Waals surface area contributed by atoms with Crippen molar-refractivity contribution in [2.45, 2.75) is 11.8 Å². The summed E-state index contributed by atoms with van der Waals surface area (Å²) < 4.78 is 27.1. The average Bonchev–Trinajstić information content (AvgIpc) is 2.14. The largest absolute Gasteiger partial charge is 0.484 e. The SMILES string of the molecule is Cc1cc(S(=O)(=O)Cl)ccc1OCC(N)=O. The number of ether oxygens (including phenoxy) is 1. The zero-order valence-electron chi connectivity index (χ0n) is 8.44. The molecule has 0 aromatic heterocycles. The molecule has 1 aromatic carbocycles. The fourth-order valence-corrected chi connectivity index (χ4v) is 1.92. The van der Waals surface area contributed by atoms with E-state index in [0.717, 1.165) is 0 Å². The Morgan fingerprint density at radius 2 is 2.12 bits per heavy atom. The molecule has 88 valence electrons. The second-order valence-corrected chi connectivity index (χ2v) is 5.69. The summed E-state index contributed by atoms with van der Waals surface area (Å²) in [4.78, 5) is 10.5. The van der Waals surface area contributed by atoms with Gasteiger partial charge in [0.25, 0.3) is 15.0 Å². The van der Waals surface area contributed by atoms with Crippen molar-refractivity contribution in [3.8, 4) is 5.75 Å². The number of nitrogens with two attached hydrogens (primary N) is 1. The highest BCUT2D eigenvalue weighted by Crippen LogP contribution is 2.23. The van der Waals surface area contributed by atoms with E-state index in [0.29, 0.717) is 11.3 Å². The molecular weight excluding hydrogens is 254 g/mol. The topological polar surface area (TPSA) is 86.5 Å². The van der Waals surface area contributed by atoms with Crippen molar-refractivity contribution in [1.29, 1.82) is 0 Å². The van der Waals surface area contributed by atoms with Gasteiger partial charge in [-0.25, -0.2) is 8.42 Å². The third-order valence-electron chi connectivity index (χ3n) is 1.80. The number of hydrogen-bond donors (Lipinski definition) is 1. The predicted octanol–water partition coefficient (Wildman–Crippen LogP) is 0.787. The lowest BCUT2D eigenvalue weighted by Crippen LogP contribution is -2.20. The van der Waals surface area contributed by atoms with E-state index in [-0.39, 0.29) is 11.5 Å². The van der Waals surface area contributed by atoms with Crippen LogP contribution in [-0.4, -0.2) is 20.9 Å². The first kappa shape index (κ1) is 12.8. The number of rotatable bonds is 4. The number of halogens is 1. The van der Waals surface area contributed by atoms with Gasteiger partial charge in [0.05, 0.1) is 4.90 Å². The summed E-state index contributed by atoms with van der Waals surface area (Å²) in [5, 5.41) is 0. The highest BCUT2D eigenvalue weighted by molar-refractivity contribution is 8.13. The molecular formula is C9H10ClNO4S. The molecule has 0 spiro atoms. The molecule has 0 bridgehead atoms. The average molecular weight is 264 g/mol. The van der Waals surface area contributed by atoms with Gasteiger partial charge in [-0.1, -0.05) is 0 Å². The van der Waals surface area contributed by atoms with Gasteiger partial charge in [0.15, 0.2) is 6.61 Å². The molecule has 2 N–H and O–H groups in total. The van der Waals surface area contributed by atoms with Crippen LogP contribution in [0.25, 0.3) is 0 Å². The summed E-state index contributed by atoms with van der Waals surface area (Å²) in [6, 6.07) is 4.08. The summed E-state index contributed by atoms with van der Waals surface area (Å²) in [5.41, 5.74) is 5.47. The summed E-state index contributed by atoms with van der Waals surface area (Å²) in [5.74, 6) is -0.212. The van der Waals surface area contributed by atoms with E-state index < -0.39 is 15.0 Å². The monoisotopic (exact) mass is 263 g/mol. The van der Waals surface area contributed by atoms with Crippen LogP contribution in [0.2, 0.25) is 0 Å². The third-order valence-corrected chi connectivity index (χ3v) is 3.15. The minimum Gasteiger partial charge on any atom is -0.484 e. The second-order valence-electron chi connectivity index (χ2n) is 3.12. The van der Waals surface area contributed by atoms with Crippen LogP contribution in [0.15, 0.2) is 23.1 Å². The predicted molar refractivity (Wildman–Crippen MR) is 58.9 cm³/mol. The van der Waals surface area contributed by atoms with Crippen molar-refractivity contribution >= 4 is 25.6 Å². The number of aryl methyl sites for hydroxylation is 1.